The number of carbonyl (C=O) groups excluding carboxylic acids is 2. The van der Waals surface area contributed by atoms with Crippen LogP contribution in [0.3, 0.4) is 0 Å². The Labute approximate surface area is 188 Å². The molecule has 5 rings (SSSR count). The zero-order chi connectivity index (χ0) is 23.1. The van der Waals surface area contributed by atoms with Crippen molar-refractivity contribution in [3.8, 4) is 22.9 Å². The average molecular weight is 448 g/mol. The topological polar surface area (TPSA) is 123 Å². The first-order chi connectivity index (χ1) is 16.0. The molecule has 0 unspecified atom stereocenters. The summed E-state index contributed by atoms with van der Waals surface area (Å²) in [5.41, 5.74) is 2.22. The van der Waals surface area contributed by atoms with Crippen molar-refractivity contribution in [1.82, 2.24) is 15.1 Å². The molecule has 33 heavy (non-hydrogen) atoms. The van der Waals surface area contributed by atoms with Crippen LogP contribution in [0.5, 0.6) is 11.5 Å². The van der Waals surface area contributed by atoms with Gasteiger partial charge in [-0.1, -0.05) is 34.6 Å². The molecule has 0 N–H and O–H groups in total. The van der Waals surface area contributed by atoms with Gasteiger partial charge >= 0.3 is 0 Å². The number of rotatable bonds is 6. The molecule has 11 nitrogen and oxygen atoms in total. The summed E-state index contributed by atoms with van der Waals surface area (Å²) in [6, 6.07) is 10.7. The number of anilines is 1. The van der Waals surface area contributed by atoms with Crippen molar-refractivity contribution in [1.29, 1.82) is 0 Å². The SMILES string of the molecule is COc1ccc(N2C(=O)[C@H]3N=NN(Cc4nc(-c5ccccc5C)no4)[C@@H]3C2=O)cc1OC. The van der Waals surface area contributed by atoms with Crippen LogP contribution < -0.4 is 14.4 Å². The summed E-state index contributed by atoms with van der Waals surface area (Å²) in [5, 5.41) is 13.5. The quantitative estimate of drug-likeness (QED) is 0.527. The van der Waals surface area contributed by atoms with Gasteiger partial charge < -0.3 is 14.0 Å². The van der Waals surface area contributed by atoms with Gasteiger partial charge in [-0.2, -0.15) is 10.1 Å². The minimum Gasteiger partial charge on any atom is -0.493 e. The van der Waals surface area contributed by atoms with E-state index >= 15 is 0 Å². The zero-order valence-corrected chi connectivity index (χ0v) is 18.1. The molecule has 0 aliphatic carbocycles. The Balaban J connectivity index is 1.38. The molecule has 2 amide bonds. The fraction of sp³-hybridized carbons (Fsp3) is 0.273. The van der Waals surface area contributed by atoms with Crippen LogP contribution in [0, 0.1) is 6.92 Å². The number of nitrogens with zero attached hydrogens (tertiary/aromatic N) is 6. The summed E-state index contributed by atoms with van der Waals surface area (Å²) in [6.45, 7) is 2.00. The van der Waals surface area contributed by atoms with Crippen molar-refractivity contribution in [3.63, 3.8) is 0 Å². The molecule has 168 valence electrons. The highest BCUT2D eigenvalue weighted by atomic mass is 16.5. The van der Waals surface area contributed by atoms with Crippen LogP contribution >= 0.6 is 0 Å². The van der Waals surface area contributed by atoms with Crippen LogP contribution in [0.1, 0.15) is 11.5 Å². The molecule has 2 aliphatic heterocycles. The van der Waals surface area contributed by atoms with Gasteiger partial charge in [0.25, 0.3) is 11.8 Å². The molecule has 2 aliphatic rings. The summed E-state index contributed by atoms with van der Waals surface area (Å²) < 4.78 is 15.9. The van der Waals surface area contributed by atoms with Crippen molar-refractivity contribution in [2.75, 3.05) is 19.1 Å². The molecule has 0 radical (unpaired) electrons. The first kappa shape index (κ1) is 20.6. The van der Waals surface area contributed by atoms with Gasteiger partial charge in [-0.25, -0.2) is 4.90 Å². The van der Waals surface area contributed by atoms with E-state index in [4.69, 9.17) is 14.0 Å². The van der Waals surface area contributed by atoms with Gasteiger partial charge in [-0.3, -0.25) is 14.6 Å². The van der Waals surface area contributed by atoms with E-state index in [1.165, 1.54) is 19.2 Å². The van der Waals surface area contributed by atoms with Crippen molar-refractivity contribution < 1.29 is 23.6 Å². The normalized spacial score (nSPS) is 19.4. The van der Waals surface area contributed by atoms with E-state index in [0.717, 1.165) is 16.0 Å². The Hall–Kier alpha value is -4.28. The molecular weight excluding hydrogens is 428 g/mol. The van der Waals surface area contributed by atoms with Crippen LogP contribution in [0.25, 0.3) is 11.4 Å². The van der Waals surface area contributed by atoms with E-state index in [1.807, 2.05) is 31.2 Å². The number of fused-ring (bicyclic) bond motifs is 1. The molecule has 1 aromatic heterocycles. The van der Waals surface area contributed by atoms with Crippen LogP contribution in [0.4, 0.5) is 5.69 Å². The minimum absolute atomic E-state index is 0.0440. The van der Waals surface area contributed by atoms with Gasteiger partial charge in [0.2, 0.25) is 11.7 Å². The summed E-state index contributed by atoms with van der Waals surface area (Å²) >= 11 is 0. The molecule has 1 fully saturated rings. The Morgan fingerprint density at radius 3 is 2.58 bits per heavy atom. The lowest BCUT2D eigenvalue weighted by Crippen LogP contribution is -2.39. The van der Waals surface area contributed by atoms with E-state index in [9.17, 15) is 9.59 Å². The summed E-state index contributed by atoms with van der Waals surface area (Å²) in [7, 11) is 2.99. The number of imide groups is 1. The number of benzene rings is 2. The van der Waals surface area contributed by atoms with E-state index in [1.54, 1.807) is 18.2 Å². The highest BCUT2D eigenvalue weighted by Gasteiger charge is 2.55. The van der Waals surface area contributed by atoms with Gasteiger partial charge in [0.1, 0.15) is 6.54 Å². The smallest absolute Gasteiger partial charge is 0.263 e. The minimum atomic E-state index is -0.940. The third-order valence-electron chi connectivity index (χ3n) is 5.63. The standard InChI is InChI=1S/C22H20N6O5/c1-12-6-4-5-7-14(12)20-23-17(33-25-20)11-27-19-18(24-26-27)21(29)28(22(19)30)13-8-9-15(31-2)16(10-13)32-3/h4-10,18-19H,11H2,1-3H3/t18-,19-/m0/s1. The number of methoxy groups -OCH3 is 2. The number of hydrogen-bond donors (Lipinski definition) is 0. The van der Waals surface area contributed by atoms with Gasteiger partial charge in [-0.15, -0.1) is 0 Å². The van der Waals surface area contributed by atoms with Crippen LogP contribution in [0.2, 0.25) is 0 Å². The number of carbonyl (C=O) groups is 2. The second-order valence-electron chi connectivity index (χ2n) is 7.57. The molecule has 2 aromatic carbocycles. The molecule has 0 spiro atoms. The van der Waals surface area contributed by atoms with Crippen molar-refractivity contribution in [2.45, 2.75) is 25.6 Å². The van der Waals surface area contributed by atoms with Gasteiger partial charge in [0.15, 0.2) is 23.6 Å². The van der Waals surface area contributed by atoms with E-state index < -0.39 is 23.9 Å². The lowest BCUT2D eigenvalue weighted by Gasteiger charge is -2.20. The highest BCUT2D eigenvalue weighted by molar-refractivity contribution is 6.25. The molecule has 0 bridgehead atoms. The Bertz CT molecular complexity index is 1270. The van der Waals surface area contributed by atoms with Gasteiger partial charge in [0.05, 0.1) is 19.9 Å². The first-order valence-corrected chi connectivity index (χ1v) is 10.2. The fourth-order valence-electron chi connectivity index (χ4n) is 3.96. The van der Waals surface area contributed by atoms with Crippen LogP contribution in [-0.4, -0.2) is 53.3 Å². The zero-order valence-electron chi connectivity index (χ0n) is 18.1. The number of amides is 2. The van der Waals surface area contributed by atoms with Crippen molar-refractivity contribution in [3.05, 3.63) is 53.9 Å². The number of aromatic nitrogens is 2. The lowest BCUT2D eigenvalue weighted by molar-refractivity contribution is -0.123. The van der Waals surface area contributed by atoms with Crippen LogP contribution in [-0.2, 0) is 16.1 Å². The van der Waals surface area contributed by atoms with Gasteiger partial charge in [0, 0.05) is 11.6 Å². The second-order valence-corrected chi connectivity index (χ2v) is 7.57. The van der Waals surface area contributed by atoms with E-state index in [0.29, 0.717) is 23.0 Å². The third-order valence-corrected chi connectivity index (χ3v) is 5.63. The highest BCUT2D eigenvalue weighted by Crippen LogP contribution is 2.37. The Morgan fingerprint density at radius 1 is 1.03 bits per heavy atom. The Kier molecular flexibility index (Phi) is 5.00. The van der Waals surface area contributed by atoms with Crippen molar-refractivity contribution >= 4 is 17.5 Å². The first-order valence-electron chi connectivity index (χ1n) is 10.2. The monoisotopic (exact) mass is 448 g/mol. The molecule has 11 heteroatoms. The number of aryl methyl sites for hydroxylation is 1. The lowest BCUT2D eigenvalue weighted by atomic mass is 10.1. The second kappa shape index (κ2) is 8.01. The maximum Gasteiger partial charge on any atom is 0.263 e. The van der Waals surface area contributed by atoms with E-state index in [2.05, 4.69) is 20.5 Å². The van der Waals surface area contributed by atoms with E-state index in [-0.39, 0.29) is 12.4 Å². The Morgan fingerprint density at radius 2 is 1.82 bits per heavy atom. The molecule has 2 atom stereocenters. The van der Waals surface area contributed by atoms with Crippen molar-refractivity contribution in [2.24, 2.45) is 10.3 Å². The molecule has 3 heterocycles. The molecule has 0 saturated carbocycles. The van der Waals surface area contributed by atoms with Gasteiger partial charge in [-0.05, 0) is 24.6 Å². The third kappa shape index (κ3) is 3.37. The maximum atomic E-state index is 13.2. The number of ether oxygens (including phenoxy) is 2. The predicted octanol–water partition coefficient (Wildman–Crippen LogP) is 2.56. The molecule has 1 saturated heterocycles. The average Bonchev–Trinajstić information content (AvgIpc) is 3.52. The summed E-state index contributed by atoms with van der Waals surface area (Å²) in [6.07, 6.45) is 0. The summed E-state index contributed by atoms with van der Waals surface area (Å²) in [5.74, 6) is 0.688. The van der Waals surface area contributed by atoms with Crippen LogP contribution in [0.15, 0.2) is 57.3 Å². The molecular formula is C22H20N6O5. The number of hydrogen-bond acceptors (Lipinski definition) is 10. The molecule has 3 aromatic rings. The predicted molar refractivity (Wildman–Crippen MR) is 114 cm³/mol. The largest absolute Gasteiger partial charge is 0.493 e. The fourth-order valence-corrected chi connectivity index (χ4v) is 3.96. The maximum absolute atomic E-state index is 13.2. The summed E-state index contributed by atoms with van der Waals surface area (Å²) in [4.78, 5) is 31.7.